The Morgan fingerprint density at radius 1 is 1.32 bits per heavy atom. The maximum absolute atomic E-state index is 5.26. The molecule has 3 rings (SSSR count). The van der Waals surface area contributed by atoms with Crippen LogP contribution >= 0.6 is 11.3 Å². The van der Waals surface area contributed by atoms with Crippen molar-refractivity contribution < 1.29 is 4.74 Å². The molecule has 3 aromatic rings. The SMILES string of the molecule is COc1ccc2ccnc(NCc3cncs3)c2c1. The van der Waals surface area contributed by atoms with Gasteiger partial charge in [-0.15, -0.1) is 11.3 Å². The van der Waals surface area contributed by atoms with Crippen molar-refractivity contribution in [2.24, 2.45) is 0 Å². The van der Waals surface area contributed by atoms with E-state index in [1.54, 1.807) is 18.4 Å². The van der Waals surface area contributed by atoms with E-state index in [9.17, 15) is 0 Å². The molecule has 0 fully saturated rings. The molecule has 0 aliphatic heterocycles. The Labute approximate surface area is 115 Å². The second-order valence-corrected chi connectivity index (χ2v) is 5.04. The fourth-order valence-electron chi connectivity index (χ4n) is 1.92. The number of fused-ring (bicyclic) bond motifs is 1. The van der Waals surface area contributed by atoms with Gasteiger partial charge < -0.3 is 10.1 Å². The summed E-state index contributed by atoms with van der Waals surface area (Å²) in [6, 6.07) is 7.98. The van der Waals surface area contributed by atoms with Crippen molar-refractivity contribution in [2.45, 2.75) is 6.54 Å². The van der Waals surface area contributed by atoms with Gasteiger partial charge in [-0.05, 0) is 23.6 Å². The van der Waals surface area contributed by atoms with E-state index in [1.165, 1.54) is 4.88 Å². The van der Waals surface area contributed by atoms with E-state index in [0.29, 0.717) is 0 Å². The zero-order chi connectivity index (χ0) is 13.1. The third-order valence-electron chi connectivity index (χ3n) is 2.89. The van der Waals surface area contributed by atoms with Crippen LogP contribution in [0, 0.1) is 0 Å². The zero-order valence-corrected chi connectivity index (χ0v) is 11.3. The molecular weight excluding hydrogens is 258 g/mol. The number of aromatic nitrogens is 2. The second kappa shape index (κ2) is 5.24. The molecule has 0 spiro atoms. The van der Waals surface area contributed by atoms with Crippen molar-refractivity contribution in [3.63, 3.8) is 0 Å². The number of benzene rings is 1. The summed E-state index contributed by atoms with van der Waals surface area (Å²) in [5, 5.41) is 5.55. The number of hydrogen-bond acceptors (Lipinski definition) is 5. The number of pyridine rings is 1. The average molecular weight is 271 g/mol. The monoisotopic (exact) mass is 271 g/mol. The van der Waals surface area contributed by atoms with Gasteiger partial charge in [0.05, 0.1) is 19.2 Å². The van der Waals surface area contributed by atoms with E-state index in [-0.39, 0.29) is 0 Å². The van der Waals surface area contributed by atoms with E-state index in [1.807, 2.05) is 42.2 Å². The maximum atomic E-state index is 5.26. The summed E-state index contributed by atoms with van der Waals surface area (Å²) in [4.78, 5) is 9.64. The minimum Gasteiger partial charge on any atom is -0.497 e. The fourth-order valence-corrected chi connectivity index (χ4v) is 2.45. The van der Waals surface area contributed by atoms with Crippen molar-refractivity contribution in [3.8, 4) is 5.75 Å². The van der Waals surface area contributed by atoms with Gasteiger partial charge in [-0.3, -0.25) is 4.98 Å². The van der Waals surface area contributed by atoms with Crippen molar-refractivity contribution in [2.75, 3.05) is 12.4 Å². The lowest BCUT2D eigenvalue weighted by Gasteiger charge is -2.09. The Hall–Kier alpha value is -2.14. The molecule has 1 N–H and O–H groups in total. The van der Waals surface area contributed by atoms with Crippen molar-refractivity contribution in [3.05, 3.63) is 47.0 Å². The van der Waals surface area contributed by atoms with Gasteiger partial charge in [0.25, 0.3) is 0 Å². The summed E-state index contributed by atoms with van der Waals surface area (Å²) in [6.45, 7) is 0.730. The minimum absolute atomic E-state index is 0.730. The Kier molecular flexibility index (Phi) is 3.29. The number of rotatable bonds is 4. The average Bonchev–Trinajstić information content (AvgIpc) is 2.97. The third-order valence-corrected chi connectivity index (χ3v) is 3.67. The minimum atomic E-state index is 0.730. The van der Waals surface area contributed by atoms with E-state index >= 15 is 0 Å². The van der Waals surface area contributed by atoms with Crippen LogP contribution in [-0.2, 0) is 6.54 Å². The summed E-state index contributed by atoms with van der Waals surface area (Å²) >= 11 is 1.63. The van der Waals surface area contributed by atoms with Crippen LogP contribution in [-0.4, -0.2) is 17.1 Å². The number of nitrogens with one attached hydrogen (secondary N) is 1. The second-order valence-electron chi connectivity index (χ2n) is 4.07. The normalized spacial score (nSPS) is 10.6. The molecule has 2 heterocycles. The van der Waals surface area contributed by atoms with Gasteiger partial charge in [0.2, 0.25) is 0 Å². The Morgan fingerprint density at radius 2 is 2.26 bits per heavy atom. The lowest BCUT2D eigenvalue weighted by molar-refractivity contribution is 0.415. The van der Waals surface area contributed by atoms with Crippen LogP contribution in [0.25, 0.3) is 10.8 Å². The van der Waals surface area contributed by atoms with Crippen molar-refractivity contribution in [1.82, 2.24) is 9.97 Å². The molecule has 0 bridgehead atoms. The van der Waals surface area contributed by atoms with Gasteiger partial charge in [-0.1, -0.05) is 6.07 Å². The highest BCUT2D eigenvalue weighted by Crippen LogP contribution is 2.26. The molecular formula is C14H13N3OS. The van der Waals surface area contributed by atoms with Crippen LogP contribution in [0.5, 0.6) is 5.75 Å². The molecule has 0 atom stereocenters. The first-order valence-corrected chi connectivity index (χ1v) is 6.79. The van der Waals surface area contributed by atoms with Gasteiger partial charge in [-0.25, -0.2) is 4.98 Å². The summed E-state index contributed by atoms with van der Waals surface area (Å²) in [5.74, 6) is 1.70. The van der Waals surface area contributed by atoms with Crippen LogP contribution < -0.4 is 10.1 Å². The number of anilines is 1. The lowest BCUT2D eigenvalue weighted by Crippen LogP contribution is -2.00. The quantitative estimate of drug-likeness (QED) is 0.790. The van der Waals surface area contributed by atoms with E-state index < -0.39 is 0 Å². The predicted octanol–water partition coefficient (Wildman–Crippen LogP) is 3.31. The van der Waals surface area contributed by atoms with Crippen LogP contribution in [0.2, 0.25) is 0 Å². The number of hydrogen-bond donors (Lipinski definition) is 1. The lowest BCUT2D eigenvalue weighted by atomic mass is 10.1. The summed E-state index contributed by atoms with van der Waals surface area (Å²) in [6.07, 6.45) is 3.67. The van der Waals surface area contributed by atoms with E-state index in [4.69, 9.17) is 4.74 Å². The van der Waals surface area contributed by atoms with Gasteiger partial charge in [0, 0.05) is 22.7 Å². The standard InChI is InChI=1S/C14H13N3OS/c1-18-11-3-2-10-4-5-16-14(13(10)6-11)17-8-12-7-15-9-19-12/h2-7,9H,8H2,1H3,(H,16,17). The number of methoxy groups -OCH3 is 1. The molecule has 1 aromatic carbocycles. The fraction of sp³-hybridized carbons (Fsp3) is 0.143. The summed E-state index contributed by atoms with van der Waals surface area (Å²) in [5.41, 5.74) is 1.83. The zero-order valence-electron chi connectivity index (χ0n) is 10.5. The third kappa shape index (κ3) is 2.51. The first-order chi connectivity index (χ1) is 9.36. The largest absolute Gasteiger partial charge is 0.497 e. The molecule has 96 valence electrons. The summed E-state index contributed by atoms with van der Waals surface area (Å²) < 4.78 is 5.26. The highest BCUT2D eigenvalue weighted by atomic mass is 32.1. The van der Waals surface area contributed by atoms with Crippen LogP contribution in [0.3, 0.4) is 0 Å². The number of thiazole rings is 1. The Balaban J connectivity index is 1.93. The van der Waals surface area contributed by atoms with Crippen LogP contribution in [0.4, 0.5) is 5.82 Å². The predicted molar refractivity (Wildman–Crippen MR) is 77.7 cm³/mol. The topological polar surface area (TPSA) is 47.0 Å². The Morgan fingerprint density at radius 3 is 3.05 bits per heavy atom. The molecule has 19 heavy (non-hydrogen) atoms. The van der Waals surface area contributed by atoms with Gasteiger partial charge in [0.15, 0.2) is 0 Å². The van der Waals surface area contributed by atoms with E-state index in [0.717, 1.165) is 28.9 Å². The molecule has 0 aliphatic carbocycles. The first-order valence-electron chi connectivity index (χ1n) is 5.91. The number of nitrogens with zero attached hydrogens (tertiary/aromatic N) is 2. The van der Waals surface area contributed by atoms with Crippen LogP contribution in [0.1, 0.15) is 4.88 Å². The first kappa shape index (κ1) is 11.9. The molecule has 0 unspecified atom stereocenters. The maximum Gasteiger partial charge on any atom is 0.134 e. The molecule has 0 aliphatic rings. The van der Waals surface area contributed by atoms with Crippen molar-refractivity contribution >= 4 is 27.9 Å². The van der Waals surface area contributed by atoms with Crippen molar-refractivity contribution in [1.29, 1.82) is 0 Å². The van der Waals surface area contributed by atoms with Crippen LogP contribution in [0.15, 0.2) is 42.2 Å². The van der Waals surface area contributed by atoms with Gasteiger partial charge >= 0.3 is 0 Å². The molecule has 5 heteroatoms. The highest BCUT2D eigenvalue weighted by molar-refractivity contribution is 7.09. The van der Waals surface area contributed by atoms with Gasteiger partial charge in [0.1, 0.15) is 11.6 Å². The van der Waals surface area contributed by atoms with Gasteiger partial charge in [-0.2, -0.15) is 0 Å². The summed E-state index contributed by atoms with van der Waals surface area (Å²) in [7, 11) is 1.67. The molecule has 0 saturated heterocycles. The molecule has 0 radical (unpaired) electrons. The molecule has 2 aromatic heterocycles. The molecule has 0 saturated carbocycles. The Bertz CT molecular complexity index is 682. The smallest absolute Gasteiger partial charge is 0.134 e. The molecule has 4 nitrogen and oxygen atoms in total. The molecule has 0 amide bonds. The highest BCUT2D eigenvalue weighted by Gasteiger charge is 2.04. The number of ether oxygens (including phenoxy) is 1. The van der Waals surface area contributed by atoms with E-state index in [2.05, 4.69) is 15.3 Å².